The van der Waals surface area contributed by atoms with Crippen LogP contribution in [0.2, 0.25) is 10.0 Å². The molecule has 2 aliphatic heterocycles. The molecule has 1 N–H and O–H groups in total. The Morgan fingerprint density at radius 2 is 1.79 bits per heavy atom. The maximum atomic E-state index is 13.2. The molecule has 1 unspecified atom stereocenters. The van der Waals surface area contributed by atoms with E-state index in [0.29, 0.717) is 46.1 Å². The summed E-state index contributed by atoms with van der Waals surface area (Å²) in [5, 5.41) is 3.85. The molecule has 176 valence electrons. The zero-order valence-corrected chi connectivity index (χ0v) is 19.9. The molecule has 10 heteroatoms. The predicted octanol–water partition coefficient (Wildman–Crippen LogP) is 3.84. The van der Waals surface area contributed by atoms with Crippen molar-refractivity contribution in [1.82, 2.24) is 0 Å². The number of nitrogens with one attached hydrogen (secondary N) is 1. The van der Waals surface area contributed by atoms with E-state index in [0.717, 1.165) is 18.8 Å². The summed E-state index contributed by atoms with van der Waals surface area (Å²) in [5.41, 5.74) is 1.99. The lowest BCUT2D eigenvalue weighted by molar-refractivity contribution is -0.122. The molecule has 0 aliphatic carbocycles. The topological polar surface area (TPSA) is 80.3 Å². The van der Waals surface area contributed by atoms with Crippen molar-refractivity contribution in [1.29, 1.82) is 0 Å². The third-order valence-corrected chi connectivity index (χ3v) is 6.34. The number of ether oxygens (including phenoxy) is 3. The molecule has 2 amide bonds. The van der Waals surface area contributed by atoms with E-state index in [2.05, 4.69) is 10.2 Å². The van der Waals surface area contributed by atoms with Crippen LogP contribution in [0.5, 0.6) is 11.5 Å². The highest BCUT2D eigenvalue weighted by Gasteiger charge is 2.37. The van der Waals surface area contributed by atoms with Crippen LogP contribution < -0.4 is 24.6 Å². The molecule has 2 fully saturated rings. The molecule has 2 heterocycles. The van der Waals surface area contributed by atoms with Gasteiger partial charge in [0.15, 0.2) is 0 Å². The summed E-state index contributed by atoms with van der Waals surface area (Å²) in [5.74, 6) is -0.0973. The molecular formula is C23H25Cl2N3O5. The van der Waals surface area contributed by atoms with Crippen LogP contribution in [0.3, 0.4) is 0 Å². The van der Waals surface area contributed by atoms with Gasteiger partial charge in [0.05, 0.1) is 55.4 Å². The first kappa shape index (κ1) is 23.5. The maximum absolute atomic E-state index is 13.2. The molecule has 0 radical (unpaired) electrons. The number of amides is 2. The monoisotopic (exact) mass is 493 g/mol. The number of anilines is 3. The normalized spacial score (nSPS) is 18.4. The molecule has 1 atom stereocenters. The van der Waals surface area contributed by atoms with E-state index in [1.54, 1.807) is 24.3 Å². The first-order chi connectivity index (χ1) is 15.9. The third kappa shape index (κ3) is 4.98. The highest BCUT2D eigenvalue weighted by molar-refractivity contribution is 6.32. The SMILES string of the molecule is COc1cc(OC)c(N2CC(C(=O)Nc3cc(Cl)ccc3N3CCOCC3)CC2=O)cc1Cl. The standard InChI is InChI=1S/C23H25Cl2N3O5/c1-31-20-12-21(32-2)19(11-16(20)25)28-13-14(9-22(28)29)23(30)26-17-10-15(24)3-4-18(17)27-5-7-33-8-6-27/h3-4,10-12,14H,5-9,13H2,1-2H3,(H,26,30). The molecule has 0 saturated carbocycles. The van der Waals surface area contributed by atoms with Crippen LogP contribution >= 0.6 is 23.2 Å². The average Bonchev–Trinajstić information content (AvgIpc) is 3.21. The van der Waals surface area contributed by atoms with Gasteiger partial charge in [-0.1, -0.05) is 23.2 Å². The lowest BCUT2D eigenvalue weighted by atomic mass is 10.1. The van der Waals surface area contributed by atoms with Gasteiger partial charge >= 0.3 is 0 Å². The highest BCUT2D eigenvalue weighted by atomic mass is 35.5. The van der Waals surface area contributed by atoms with Crippen molar-refractivity contribution < 1.29 is 23.8 Å². The number of benzene rings is 2. The molecule has 2 aromatic rings. The van der Waals surface area contributed by atoms with Crippen molar-refractivity contribution in [3.8, 4) is 11.5 Å². The van der Waals surface area contributed by atoms with E-state index in [9.17, 15) is 9.59 Å². The Morgan fingerprint density at radius 1 is 1.06 bits per heavy atom. The second kappa shape index (κ2) is 10.1. The zero-order chi connectivity index (χ0) is 23.5. The van der Waals surface area contributed by atoms with E-state index in [4.69, 9.17) is 37.4 Å². The summed E-state index contributed by atoms with van der Waals surface area (Å²) in [6, 6.07) is 8.65. The van der Waals surface area contributed by atoms with Crippen molar-refractivity contribution >= 4 is 52.1 Å². The van der Waals surface area contributed by atoms with E-state index < -0.39 is 5.92 Å². The van der Waals surface area contributed by atoms with Gasteiger partial charge in [-0.2, -0.15) is 0 Å². The molecular weight excluding hydrogens is 469 g/mol. The zero-order valence-electron chi connectivity index (χ0n) is 18.4. The Hall–Kier alpha value is -2.68. The van der Waals surface area contributed by atoms with Crippen LogP contribution in [-0.4, -0.2) is 58.9 Å². The van der Waals surface area contributed by atoms with Crippen LogP contribution in [0.15, 0.2) is 30.3 Å². The average molecular weight is 494 g/mol. The van der Waals surface area contributed by atoms with E-state index in [1.165, 1.54) is 19.1 Å². The van der Waals surface area contributed by atoms with Gasteiger partial charge in [0, 0.05) is 37.1 Å². The Labute approximate surface area is 202 Å². The number of morpholine rings is 1. The van der Waals surface area contributed by atoms with Gasteiger partial charge in [-0.25, -0.2) is 0 Å². The quantitative estimate of drug-likeness (QED) is 0.658. The summed E-state index contributed by atoms with van der Waals surface area (Å²) >= 11 is 12.5. The fraction of sp³-hybridized carbons (Fsp3) is 0.391. The lowest BCUT2D eigenvalue weighted by Crippen LogP contribution is -2.37. The van der Waals surface area contributed by atoms with Crippen molar-refractivity contribution in [2.45, 2.75) is 6.42 Å². The minimum absolute atomic E-state index is 0.0755. The van der Waals surface area contributed by atoms with Gasteiger partial charge in [0.2, 0.25) is 11.8 Å². The summed E-state index contributed by atoms with van der Waals surface area (Å²) in [6.45, 7) is 2.89. The van der Waals surface area contributed by atoms with Crippen LogP contribution in [0, 0.1) is 5.92 Å². The Bertz CT molecular complexity index is 1060. The summed E-state index contributed by atoms with van der Waals surface area (Å²) < 4.78 is 16.1. The van der Waals surface area contributed by atoms with E-state index in [-0.39, 0.29) is 24.8 Å². The van der Waals surface area contributed by atoms with Gasteiger partial charge in [0.1, 0.15) is 11.5 Å². The molecule has 2 aromatic carbocycles. The molecule has 0 spiro atoms. The number of methoxy groups -OCH3 is 2. The number of hydrogen-bond acceptors (Lipinski definition) is 6. The second-order valence-corrected chi connectivity index (χ2v) is 8.66. The molecule has 0 aromatic heterocycles. The Kier molecular flexibility index (Phi) is 7.17. The van der Waals surface area contributed by atoms with Gasteiger partial charge in [0.25, 0.3) is 0 Å². The molecule has 8 nitrogen and oxygen atoms in total. The smallest absolute Gasteiger partial charge is 0.229 e. The third-order valence-electron chi connectivity index (χ3n) is 5.81. The van der Waals surface area contributed by atoms with Crippen molar-refractivity contribution in [3.63, 3.8) is 0 Å². The largest absolute Gasteiger partial charge is 0.495 e. The van der Waals surface area contributed by atoms with Gasteiger partial charge in [-0.3, -0.25) is 9.59 Å². The van der Waals surface area contributed by atoms with Crippen LogP contribution in [-0.2, 0) is 14.3 Å². The number of rotatable bonds is 6. The van der Waals surface area contributed by atoms with Crippen LogP contribution in [0.4, 0.5) is 17.1 Å². The highest BCUT2D eigenvalue weighted by Crippen LogP contribution is 2.40. The summed E-state index contributed by atoms with van der Waals surface area (Å²) in [7, 11) is 3.01. The molecule has 0 bridgehead atoms. The summed E-state index contributed by atoms with van der Waals surface area (Å²) in [6.07, 6.45) is 0.0755. The predicted molar refractivity (Wildman–Crippen MR) is 128 cm³/mol. The van der Waals surface area contributed by atoms with Gasteiger partial charge in [-0.05, 0) is 24.3 Å². The molecule has 2 aliphatic rings. The first-order valence-electron chi connectivity index (χ1n) is 10.6. The lowest BCUT2D eigenvalue weighted by Gasteiger charge is -2.30. The molecule has 4 rings (SSSR count). The van der Waals surface area contributed by atoms with E-state index >= 15 is 0 Å². The van der Waals surface area contributed by atoms with Crippen molar-refractivity contribution in [2.75, 3.05) is 62.2 Å². The maximum Gasteiger partial charge on any atom is 0.229 e. The Balaban J connectivity index is 1.53. The van der Waals surface area contributed by atoms with Crippen LogP contribution in [0.25, 0.3) is 0 Å². The fourth-order valence-corrected chi connectivity index (χ4v) is 4.50. The Morgan fingerprint density at radius 3 is 2.48 bits per heavy atom. The van der Waals surface area contributed by atoms with Crippen LogP contribution in [0.1, 0.15) is 6.42 Å². The van der Waals surface area contributed by atoms with Crippen molar-refractivity contribution in [3.05, 3.63) is 40.4 Å². The fourth-order valence-electron chi connectivity index (χ4n) is 4.09. The minimum atomic E-state index is -0.542. The number of halogens is 2. The minimum Gasteiger partial charge on any atom is -0.495 e. The second-order valence-electron chi connectivity index (χ2n) is 7.81. The summed E-state index contributed by atoms with van der Waals surface area (Å²) in [4.78, 5) is 29.6. The first-order valence-corrected chi connectivity index (χ1v) is 11.3. The van der Waals surface area contributed by atoms with Crippen molar-refractivity contribution in [2.24, 2.45) is 5.92 Å². The number of carbonyl (C=O) groups is 2. The molecule has 33 heavy (non-hydrogen) atoms. The van der Waals surface area contributed by atoms with Gasteiger partial charge in [-0.15, -0.1) is 0 Å². The number of nitrogens with zero attached hydrogens (tertiary/aromatic N) is 2. The number of carbonyl (C=O) groups excluding carboxylic acids is 2. The van der Waals surface area contributed by atoms with Gasteiger partial charge < -0.3 is 29.3 Å². The van der Waals surface area contributed by atoms with E-state index in [1.807, 2.05) is 6.07 Å². The molecule has 2 saturated heterocycles. The number of hydrogen-bond donors (Lipinski definition) is 1.